The lowest BCUT2D eigenvalue weighted by Crippen LogP contribution is -2.23. The van der Waals surface area contributed by atoms with E-state index in [1.807, 2.05) is 0 Å². The summed E-state index contributed by atoms with van der Waals surface area (Å²) in [4.78, 5) is 29.9. The molecule has 0 spiro atoms. The molecule has 0 atom stereocenters. The third kappa shape index (κ3) is 3.60. The number of aromatic hydroxyl groups is 1. The quantitative estimate of drug-likeness (QED) is 0.517. The molecule has 142 valence electrons. The Morgan fingerprint density at radius 3 is 2.61 bits per heavy atom. The monoisotopic (exact) mass is 398 g/mol. The number of carboxylic acid groups (broad SMARTS) is 1. The minimum absolute atomic E-state index is 0.0323. The summed E-state index contributed by atoms with van der Waals surface area (Å²) in [5, 5.41) is 21.7. The molecular weight excluding hydrogens is 385 g/mol. The van der Waals surface area contributed by atoms with E-state index in [0.717, 1.165) is 10.8 Å². The predicted molar refractivity (Wildman–Crippen MR) is 102 cm³/mol. The molecule has 7 nitrogen and oxygen atoms in total. The van der Waals surface area contributed by atoms with Crippen LogP contribution in [0.1, 0.15) is 21.5 Å². The van der Waals surface area contributed by atoms with Crippen LogP contribution in [0.2, 0.25) is 0 Å². The molecule has 0 saturated carbocycles. The largest absolute Gasteiger partial charge is 0.545 e. The highest BCUT2D eigenvalue weighted by atomic mass is 32.1. The van der Waals surface area contributed by atoms with Gasteiger partial charge in [-0.3, -0.25) is 19.3 Å². The predicted octanol–water partition coefficient (Wildman–Crippen LogP) is 2.16. The van der Waals surface area contributed by atoms with Crippen LogP contribution in [-0.4, -0.2) is 26.8 Å². The first kappa shape index (κ1) is 19.2. The molecule has 0 bridgehead atoms. The van der Waals surface area contributed by atoms with Gasteiger partial charge in [-0.2, -0.15) is 0 Å². The summed E-state index contributed by atoms with van der Waals surface area (Å²) in [5.74, 6) is -2.30. The van der Waals surface area contributed by atoms with Crippen LogP contribution in [0.25, 0.3) is 5.69 Å². The maximum atomic E-state index is 13.2. The van der Waals surface area contributed by atoms with Gasteiger partial charge in [0.15, 0.2) is 4.77 Å². The molecule has 2 aromatic carbocycles. The second-order valence-electron chi connectivity index (χ2n) is 5.80. The first-order valence-corrected chi connectivity index (χ1v) is 8.39. The number of halogens is 1. The van der Waals surface area contributed by atoms with E-state index in [4.69, 9.17) is 12.2 Å². The molecule has 0 fully saturated rings. The van der Waals surface area contributed by atoms with Crippen molar-refractivity contribution in [3.63, 3.8) is 0 Å². The minimum atomic E-state index is -1.35. The average molecular weight is 398 g/mol. The lowest BCUT2D eigenvalue weighted by atomic mass is 10.1. The number of H-pyrrole nitrogens is 1. The van der Waals surface area contributed by atoms with Crippen LogP contribution in [0.5, 0.6) is 5.88 Å². The van der Waals surface area contributed by atoms with Crippen molar-refractivity contribution in [3.05, 3.63) is 80.1 Å². The Morgan fingerprint density at radius 1 is 1.29 bits per heavy atom. The number of carbonyl (C=O) groups is 1. The summed E-state index contributed by atoms with van der Waals surface area (Å²) in [5.41, 5.74) is 0.0618. The van der Waals surface area contributed by atoms with Gasteiger partial charge in [0, 0.05) is 11.8 Å². The number of nitrogens with one attached hydrogen (secondary N) is 1. The molecule has 2 N–H and O–H groups in total. The fourth-order valence-corrected chi connectivity index (χ4v) is 2.89. The summed E-state index contributed by atoms with van der Waals surface area (Å²) in [6.45, 7) is 1.55. The van der Waals surface area contributed by atoms with Crippen molar-refractivity contribution >= 4 is 30.1 Å². The first-order chi connectivity index (χ1) is 13.3. The van der Waals surface area contributed by atoms with Crippen LogP contribution < -0.4 is 10.7 Å². The van der Waals surface area contributed by atoms with Crippen LogP contribution in [0, 0.1) is 17.5 Å². The molecule has 3 rings (SSSR count). The smallest absolute Gasteiger partial charge is 0.264 e. The summed E-state index contributed by atoms with van der Waals surface area (Å²) < 4.78 is 14.2. The summed E-state index contributed by atoms with van der Waals surface area (Å²) >= 11 is 5.08. The van der Waals surface area contributed by atoms with Crippen molar-refractivity contribution in [2.45, 2.75) is 6.92 Å². The number of hydrogen-bond acceptors (Lipinski definition) is 6. The number of hydrogen-bond donors (Lipinski definition) is 2. The second kappa shape index (κ2) is 7.57. The van der Waals surface area contributed by atoms with Crippen molar-refractivity contribution in [3.8, 4) is 11.6 Å². The van der Waals surface area contributed by atoms with Gasteiger partial charge in [-0.15, -0.1) is 0 Å². The maximum absolute atomic E-state index is 13.2. The number of rotatable bonds is 4. The van der Waals surface area contributed by atoms with Gasteiger partial charge < -0.3 is 15.0 Å². The molecule has 0 radical (unpaired) electrons. The second-order valence-corrected chi connectivity index (χ2v) is 6.19. The van der Waals surface area contributed by atoms with E-state index in [1.165, 1.54) is 36.4 Å². The molecule has 1 aromatic heterocycles. The topological polar surface area (TPSA) is 111 Å². The van der Waals surface area contributed by atoms with E-state index in [-0.39, 0.29) is 21.6 Å². The Hall–Kier alpha value is -3.59. The molecule has 0 unspecified atom stereocenters. The van der Waals surface area contributed by atoms with Gasteiger partial charge >= 0.3 is 0 Å². The number of aromatic nitrogens is 2. The van der Waals surface area contributed by atoms with E-state index in [2.05, 4.69) is 9.98 Å². The number of carbonyl (C=O) groups excluding carboxylic acids is 1. The van der Waals surface area contributed by atoms with Gasteiger partial charge in [-0.25, -0.2) is 4.39 Å². The van der Waals surface area contributed by atoms with Crippen LogP contribution in [0.4, 0.5) is 10.1 Å². The molecule has 9 heteroatoms. The zero-order chi connectivity index (χ0) is 20.4. The Morgan fingerprint density at radius 2 is 1.96 bits per heavy atom. The van der Waals surface area contributed by atoms with Crippen molar-refractivity contribution in [2.24, 2.45) is 4.99 Å². The summed E-state index contributed by atoms with van der Waals surface area (Å²) in [6.07, 6.45) is 1.10. The fourth-order valence-electron chi connectivity index (χ4n) is 2.60. The van der Waals surface area contributed by atoms with Crippen molar-refractivity contribution in [1.82, 2.24) is 9.55 Å². The lowest BCUT2D eigenvalue weighted by Gasteiger charge is -2.11. The number of carboxylic acids is 1. The highest BCUT2D eigenvalue weighted by molar-refractivity contribution is 7.71. The molecule has 0 saturated heterocycles. The fraction of sp³-hybridized carbons (Fsp3) is 0.0526. The Kier molecular flexibility index (Phi) is 5.18. The van der Waals surface area contributed by atoms with Gasteiger partial charge in [0.1, 0.15) is 11.4 Å². The Balaban J connectivity index is 2.12. The number of nitrogens with zero attached hydrogens (tertiary/aromatic N) is 2. The molecule has 0 amide bonds. The molecule has 0 aliphatic heterocycles. The zero-order valence-electron chi connectivity index (χ0n) is 14.5. The molecular formula is C19H13FN3O4S-. The van der Waals surface area contributed by atoms with E-state index in [0.29, 0.717) is 11.3 Å². The van der Waals surface area contributed by atoms with Crippen LogP contribution in [0.15, 0.2) is 52.3 Å². The Bertz CT molecular complexity index is 1210. The first-order valence-electron chi connectivity index (χ1n) is 7.99. The molecule has 0 aliphatic carbocycles. The number of aliphatic imine (C=N–C) groups is 1. The van der Waals surface area contributed by atoms with Gasteiger partial charge in [0.05, 0.1) is 17.3 Å². The standard InChI is InChI=1S/C19H14FN3O4S/c1-10-13(18(26)27)3-2-4-15(10)21-9-14-16(24)22-19(28)23(17(14)25)12-7-5-11(20)6-8-12/h2-9,25H,1H3,(H,26,27)(H,22,24,28)/p-1. The van der Waals surface area contributed by atoms with Gasteiger partial charge in [-0.1, -0.05) is 12.1 Å². The van der Waals surface area contributed by atoms with E-state index < -0.39 is 23.2 Å². The van der Waals surface area contributed by atoms with Gasteiger partial charge in [0.2, 0.25) is 5.88 Å². The molecule has 1 heterocycles. The molecule has 3 aromatic rings. The summed E-state index contributed by atoms with van der Waals surface area (Å²) in [6, 6.07) is 9.56. The van der Waals surface area contributed by atoms with Gasteiger partial charge in [0.25, 0.3) is 5.56 Å². The number of aromatic amines is 1. The van der Waals surface area contributed by atoms with Crippen LogP contribution in [-0.2, 0) is 0 Å². The van der Waals surface area contributed by atoms with Gasteiger partial charge in [-0.05, 0) is 55.0 Å². The van der Waals surface area contributed by atoms with E-state index >= 15 is 0 Å². The normalized spacial score (nSPS) is 11.1. The van der Waals surface area contributed by atoms with E-state index in [1.54, 1.807) is 13.0 Å². The third-order valence-electron chi connectivity index (χ3n) is 4.06. The zero-order valence-corrected chi connectivity index (χ0v) is 15.3. The number of aromatic carboxylic acids is 1. The van der Waals surface area contributed by atoms with Crippen LogP contribution in [0.3, 0.4) is 0 Å². The molecule has 0 aliphatic rings. The Labute approximate surface area is 163 Å². The van der Waals surface area contributed by atoms with E-state index in [9.17, 15) is 24.2 Å². The average Bonchev–Trinajstić information content (AvgIpc) is 2.63. The van der Waals surface area contributed by atoms with Crippen molar-refractivity contribution < 1.29 is 19.4 Å². The lowest BCUT2D eigenvalue weighted by molar-refractivity contribution is -0.255. The maximum Gasteiger partial charge on any atom is 0.264 e. The van der Waals surface area contributed by atoms with Crippen LogP contribution >= 0.6 is 12.2 Å². The third-order valence-corrected chi connectivity index (χ3v) is 4.35. The number of benzene rings is 2. The summed E-state index contributed by atoms with van der Waals surface area (Å²) in [7, 11) is 0. The minimum Gasteiger partial charge on any atom is -0.545 e. The van der Waals surface area contributed by atoms with Crippen molar-refractivity contribution in [1.29, 1.82) is 0 Å². The highest BCUT2D eigenvalue weighted by Crippen LogP contribution is 2.23. The highest BCUT2D eigenvalue weighted by Gasteiger charge is 2.13. The van der Waals surface area contributed by atoms with Crippen molar-refractivity contribution in [2.75, 3.05) is 0 Å². The molecule has 28 heavy (non-hydrogen) atoms. The SMILES string of the molecule is Cc1c(N=Cc2c(O)n(-c3ccc(F)cc3)c(=S)[nH]c2=O)cccc1C(=O)[O-].